The highest BCUT2D eigenvalue weighted by molar-refractivity contribution is 7.20. The number of hydrogen-bond acceptors (Lipinski definition) is 3. The minimum atomic E-state index is 0.242. The van der Waals surface area contributed by atoms with Crippen molar-refractivity contribution in [3.8, 4) is 0 Å². The van der Waals surface area contributed by atoms with Gasteiger partial charge in [-0.25, -0.2) is 0 Å². The molecule has 1 rings (SSSR count). The van der Waals surface area contributed by atoms with Crippen LogP contribution in [0.1, 0.15) is 38.8 Å². The summed E-state index contributed by atoms with van der Waals surface area (Å²) >= 11 is 13.5. The van der Waals surface area contributed by atoms with Crippen LogP contribution in [0.2, 0.25) is 8.67 Å². The fourth-order valence-electron chi connectivity index (χ4n) is 1.75. The van der Waals surface area contributed by atoms with Gasteiger partial charge in [0, 0.05) is 25.2 Å². The molecule has 104 valence electrons. The third-order valence-corrected chi connectivity index (χ3v) is 4.93. The molecule has 18 heavy (non-hydrogen) atoms. The van der Waals surface area contributed by atoms with Crippen LogP contribution in [0.15, 0.2) is 6.07 Å². The van der Waals surface area contributed by atoms with Gasteiger partial charge >= 0.3 is 0 Å². The molecule has 0 fully saturated rings. The molecule has 5 heteroatoms. The molecule has 1 aromatic heterocycles. The molecule has 0 saturated heterocycles. The van der Waals surface area contributed by atoms with Crippen molar-refractivity contribution >= 4 is 34.5 Å². The van der Waals surface area contributed by atoms with E-state index in [4.69, 9.17) is 23.2 Å². The van der Waals surface area contributed by atoms with Gasteiger partial charge in [0.2, 0.25) is 0 Å². The van der Waals surface area contributed by atoms with E-state index in [0.717, 1.165) is 27.3 Å². The summed E-state index contributed by atoms with van der Waals surface area (Å²) in [5, 5.41) is 3.48. The van der Waals surface area contributed by atoms with Crippen LogP contribution >= 0.6 is 34.5 Å². The lowest BCUT2D eigenvalue weighted by Crippen LogP contribution is -2.35. The Morgan fingerprint density at radius 2 is 2.06 bits per heavy atom. The highest BCUT2D eigenvalue weighted by Crippen LogP contribution is 2.34. The van der Waals surface area contributed by atoms with Crippen LogP contribution in [0.5, 0.6) is 0 Å². The Hall–Kier alpha value is 0.200. The number of halogens is 2. The van der Waals surface area contributed by atoms with Crippen molar-refractivity contribution in [2.24, 2.45) is 0 Å². The zero-order valence-corrected chi connectivity index (χ0v) is 13.8. The van der Waals surface area contributed by atoms with Gasteiger partial charge in [-0.05, 0) is 38.9 Å². The van der Waals surface area contributed by atoms with Gasteiger partial charge in [0.25, 0.3) is 0 Å². The summed E-state index contributed by atoms with van der Waals surface area (Å²) in [6, 6.07) is 2.82. The van der Waals surface area contributed by atoms with E-state index in [1.165, 1.54) is 17.8 Å². The molecule has 0 aliphatic rings. The predicted octanol–water partition coefficient (Wildman–Crippen LogP) is 4.44. The van der Waals surface area contributed by atoms with E-state index in [0.29, 0.717) is 6.04 Å². The van der Waals surface area contributed by atoms with Crippen molar-refractivity contribution in [1.29, 1.82) is 0 Å². The number of likely N-dealkylation sites (N-methyl/N-ethyl adjacent to an activating group) is 1. The summed E-state index contributed by atoms with van der Waals surface area (Å²) in [7, 11) is 2.16. The second kappa shape index (κ2) is 7.71. The van der Waals surface area contributed by atoms with Gasteiger partial charge in [-0.3, -0.25) is 0 Å². The first-order valence-corrected chi connectivity index (χ1v) is 7.91. The van der Waals surface area contributed by atoms with E-state index in [-0.39, 0.29) is 6.04 Å². The van der Waals surface area contributed by atoms with Gasteiger partial charge in [0.15, 0.2) is 0 Å². The van der Waals surface area contributed by atoms with E-state index < -0.39 is 0 Å². The van der Waals surface area contributed by atoms with Crippen LogP contribution < -0.4 is 5.32 Å². The van der Waals surface area contributed by atoms with Crippen LogP contribution in [-0.2, 0) is 0 Å². The molecule has 2 nitrogen and oxygen atoms in total. The second-order valence-electron chi connectivity index (χ2n) is 4.69. The number of rotatable bonds is 7. The fourth-order valence-corrected chi connectivity index (χ4v) is 3.39. The summed E-state index contributed by atoms with van der Waals surface area (Å²) in [6.07, 6.45) is 1.18. The average molecular weight is 309 g/mol. The maximum atomic E-state index is 6.14. The molecule has 1 heterocycles. The third-order valence-electron chi connectivity index (χ3n) is 3.41. The SMILES string of the molecule is CCC(C)N(C)CCNC(C)c1cc(Cl)sc1Cl. The Kier molecular flexibility index (Phi) is 6.96. The Morgan fingerprint density at radius 3 is 2.56 bits per heavy atom. The molecular weight excluding hydrogens is 287 g/mol. The van der Waals surface area contributed by atoms with Crippen LogP contribution in [0.4, 0.5) is 0 Å². The summed E-state index contributed by atoms with van der Waals surface area (Å²) in [4.78, 5) is 2.36. The third kappa shape index (κ3) is 4.71. The average Bonchev–Trinajstić information content (AvgIpc) is 2.67. The maximum absolute atomic E-state index is 6.14. The van der Waals surface area contributed by atoms with Gasteiger partial charge in [0.05, 0.1) is 8.67 Å². The fraction of sp³-hybridized carbons (Fsp3) is 0.692. The minimum Gasteiger partial charge on any atom is -0.309 e. The molecule has 0 radical (unpaired) electrons. The molecule has 0 aliphatic heterocycles. The predicted molar refractivity (Wildman–Crippen MR) is 83.1 cm³/mol. The standard InChI is InChI=1S/C13H22Cl2N2S/c1-5-9(2)17(4)7-6-16-10(3)11-8-12(14)18-13(11)15/h8-10,16H,5-7H2,1-4H3. The molecule has 0 spiro atoms. The first-order chi connectivity index (χ1) is 8.45. The second-order valence-corrected chi connectivity index (χ2v) is 6.98. The molecule has 1 aromatic rings. The largest absolute Gasteiger partial charge is 0.309 e. The molecule has 0 bridgehead atoms. The lowest BCUT2D eigenvalue weighted by atomic mass is 10.2. The van der Waals surface area contributed by atoms with Crippen molar-refractivity contribution in [2.45, 2.75) is 39.3 Å². The van der Waals surface area contributed by atoms with Crippen LogP contribution in [0.25, 0.3) is 0 Å². The van der Waals surface area contributed by atoms with Crippen LogP contribution in [0.3, 0.4) is 0 Å². The highest BCUT2D eigenvalue weighted by Gasteiger charge is 2.13. The number of nitrogens with zero attached hydrogens (tertiary/aromatic N) is 1. The Balaban J connectivity index is 2.38. The lowest BCUT2D eigenvalue weighted by Gasteiger charge is -2.24. The van der Waals surface area contributed by atoms with Gasteiger partial charge in [-0.15, -0.1) is 11.3 Å². The first-order valence-electron chi connectivity index (χ1n) is 6.34. The quantitative estimate of drug-likeness (QED) is 0.801. The van der Waals surface area contributed by atoms with Crippen molar-refractivity contribution in [3.63, 3.8) is 0 Å². The first kappa shape index (κ1) is 16.3. The van der Waals surface area contributed by atoms with Crippen LogP contribution in [-0.4, -0.2) is 31.1 Å². The zero-order chi connectivity index (χ0) is 13.7. The maximum Gasteiger partial charge on any atom is 0.0991 e. The summed E-state index contributed by atoms with van der Waals surface area (Å²) < 4.78 is 1.54. The monoisotopic (exact) mass is 308 g/mol. The number of thiophene rings is 1. The highest BCUT2D eigenvalue weighted by atomic mass is 35.5. The Morgan fingerprint density at radius 1 is 1.39 bits per heavy atom. The van der Waals surface area contributed by atoms with E-state index in [1.807, 2.05) is 6.07 Å². The number of hydrogen-bond donors (Lipinski definition) is 1. The summed E-state index contributed by atoms with van der Waals surface area (Å²) in [5.41, 5.74) is 1.10. The molecule has 0 aromatic carbocycles. The molecule has 2 unspecified atom stereocenters. The van der Waals surface area contributed by atoms with Crippen molar-refractivity contribution < 1.29 is 0 Å². The van der Waals surface area contributed by atoms with E-state index >= 15 is 0 Å². The number of nitrogens with one attached hydrogen (secondary N) is 1. The van der Waals surface area contributed by atoms with Gasteiger partial charge < -0.3 is 10.2 Å². The lowest BCUT2D eigenvalue weighted by molar-refractivity contribution is 0.249. The summed E-state index contributed by atoms with van der Waals surface area (Å²) in [5.74, 6) is 0. The van der Waals surface area contributed by atoms with Crippen molar-refractivity contribution in [2.75, 3.05) is 20.1 Å². The molecule has 0 saturated carbocycles. The summed E-state index contributed by atoms with van der Waals surface area (Å²) in [6.45, 7) is 8.57. The minimum absolute atomic E-state index is 0.242. The van der Waals surface area contributed by atoms with Gasteiger partial charge in [-0.1, -0.05) is 30.1 Å². The van der Waals surface area contributed by atoms with Crippen molar-refractivity contribution in [1.82, 2.24) is 10.2 Å². The van der Waals surface area contributed by atoms with Crippen LogP contribution in [0, 0.1) is 0 Å². The Labute approximate surface area is 124 Å². The smallest absolute Gasteiger partial charge is 0.0991 e. The molecule has 2 atom stereocenters. The molecular formula is C13H22Cl2N2S. The van der Waals surface area contributed by atoms with E-state index in [1.54, 1.807) is 0 Å². The topological polar surface area (TPSA) is 15.3 Å². The molecule has 0 aliphatic carbocycles. The van der Waals surface area contributed by atoms with Crippen molar-refractivity contribution in [3.05, 3.63) is 20.3 Å². The normalized spacial score (nSPS) is 15.1. The zero-order valence-electron chi connectivity index (χ0n) is 11.5. The van der Waals surface area contributed by atoms with E-state index in [9.17, 15) is 0 Å². The molecule has 1 N–H and O–H groups in total. The van der Waals surface area contributed by atoms with Gasteiger partial charge in [-0.2, -0.15) is 0 Å². The molecule has 0 amide bonds. The Bertz CT molecular complexity index is 368. The van der Waals surface area contributed by atoms with E-state index in [2.05, 4.69) is 38.0 Å². The van der Waals surface area contributed by atoms with Gasteiger partial charge in [0.1, 0.15) is 0 Å².